The molecule has 0 spiro atoms. The smallest absolute Gasteiger partial charge is 0.332 e. The molecule has 0 aliphatic carbocycles. The average molecular weight is 417 g/mol. The molecule has 2 rings (SSSR count). The molecule has 1 aromatic carbocycles. The number of sulfonamides is 1. The van der Waals surface area contributed by atoms with Crippen molar-refractivity contribution < 1.29 is 18.0 Å². The van der Waals surface area contributed by atoms with Crippen LogP contribution in [-0.2, 0) is 10.0 Å². The second kappa shape index (κ2) is 8.35. The van der Waals surface area contributed by atoms with Crippen molar-refractivity contribution in [2.75, 3.05) is 18.4 Å². The van der Waals surface area contributed by atoms with Crippen molar-refractivity contribution in [2.24, 2.45) is 0 Å². The SMILES string of the molecule is CC(C)c1cc(Cl)cc(C(C)C)c1NC(=O)NS(=O)(=O)C1CNC(=O)NC1. The van der Waals surface area contributed by atoms with E-state index in [9.17, 15) is 18.0 Å². The molecule has 1 saturated heterocycles. The quantitative estimate of drug-likeness (QED) is 0.590. The summed E-state index contributed by atoms with van der Waals surface area (Å²) in [4.78, 5) is 23.5. The highest BCUT2D eigenvalue weighted by Crippen LogP contribution is 2.35. The fraction of sp³-hybridized carbons (Fsp3) is 0.529. The van der Waals surface area contributed by atoms with Gasteiger partial charge in [0.05, 0.1) is 0 Å². The summed E-state index contributed by atoms with van der Waals surface area (Å²) in [6.07, 6.45) is 0. The number of nitrogens with one attached hydrogen (secondary N) is 4. The third kappa shape index (κ3) is 5.26. The number of hydrogen-bond acceptors (Lipinski definition) is 4. The Morgan fingerprint density at radius 1 is 1.11 bits per heavy atom. The lowest BCUT2D eigenvalue weighted by Gasteiger charge is -2.24. The van der Waals surface area contributed by atoms with Crippen molar-refractivity contribution in [1.29, 1.82) is 0 Å². The number of amides is 4. The van der Waals surface area contributed by atoms with E-state index < -0.39 is 27.3 Å². The van der Waals surface area contributed by atoms with Crippen molar-refractivity contribution >= 4 is 39.4 Å². The van der Waals surface area contributed by atoms with Crippen molar-refractivity contribution in [1.82, 2.24) is 15.4 Å². The topological polar surface area (TPSA) is 116 Å². The first-order chi connectivity index (χ1) is 12.5. The summed E-state index contributed by atoms with van der Waals surface area (Å²) in [6.45, 7) is 7.73. The van der Waals surface area contributed by atoms with Gasteiger partial charge >= 0.3 is 12.1 Å². The molecule has 4 N–H and O–H groups in total. The Kier molecular flexibility index (Phi) is 6.59. The first kappa shape index (κ1) is 21.3. The highest BCUT2D eigenvalue weighted by molar-refractivity contribution is 7.90. The molecule has 0 radical (unpaired) electrons. The zero-order chi connectivity index (χ0) is 20.4. The van der Waals surface area contributed by atoms with Crippen LogP contribution in [0.15, 0.2) is 12.1 Å². The maximum absolute atomic E-state index is 12.4. The Hall–Kier alpha value is -2.00. The summed E-state index contributed by atoms with van der Waals surface area (Å²) in [5, 5.41) is 7.09. The molecule has 4 amide bonds. The van der Waals surface area contributed by atoms with Gasteiger partial charge in [-0.25, -0.2) is 22.7 Å². The summed E-state index contributed by atoms with van der Waals surface area (Å²) in [5.41, 5.74) is 2.21. The minimum Gasteiger partial charge on any atom is -0.337 e. The van der Waals surface area contributed by atoms with Crippen molar-refractivity contribution in [2.45, 2.75) is 44.8 Å². The molecular weight excluding hydrogens is 392 g/mol. The summed E-state index contributed by atoms with van der Waals surface area (Å²) >= 11 is 6.20. The number of urea groups is 2. The van der Waals surface area contributed by atoms with Gasteiger partial charge in [-0.05, 0) is 35.1 Å². The molecule has 0 atom stereocenters. The number of benzene rings is 1. The fourth-order valence-electron chi connectivity index (χ4n) is 2.82. The number of carbonyl (C=O) groups is 2. The first-order valence-corrected chi connectivity index (χ1v) is 10.6. The molecule has 0 aromatic heterocycles. The van der Waals surface area contributed by atoms with Crippen LogP contribution in [0.1, 0.15) is 50.7 Å². The highest BCUT2D eigenvalue weighted by Gasteiger charge is 2.31. The molecule has 0 bridgehead atoms. The molecule has 1 aromatic rings. The van der Waals surface area contributed by atoms with Gasteiger partial charge in [-0.3, -0.25) is 0 Å². The number of halogens is 1. The Balaban J connectivity index is 2.23. The van der Waals surface area contributed by atoms with Crippen LogP contribution in [0.2, 0.25) is 5.02 Å². The Morgan fingerprint density at radius 2 is 1.59 bits per heavy atom. The van der Waals surface area contributed by atoms with Crippen LogP contribution in [0.5, 0.6) is 0 Å². The van der Waals surface area contributed by atoms with Gasteiger partial charge in [-0.2, -0.15) is 0 Å². The summed E-state index contributed by atoms with van der Waals surface area (Å²) in [6, 6.07) is 2.25. The molecule has 10 heteroatoms. The molecule has 8 nitrogen and oxygen atoms in total. The van der Waals surface area contributed by atoms with E-state index >= 15 is 0 Å². The number of hydrogen-bond donors (Lipinski definition) is 4. The molecular formula is C17H25ClN4O4S. The van der Waals surface area contributed by atoms with E-state index in [-0.39, 0.29) is 24.9 Å². The molecule has 1 aliphatic heterocycles. The van der Waals surface area contributed by atoms with Crippen LogP contribution < -0.4 is 20.7 Å². The third-order valence-electron chi connectivity index (χ3n) is 4.30. The minimum atomic E-state index is -3.97. The predicted molar refractivity (Wildman–Crippen MR) is 106 cm³/mol. The zero-order valence-electron chi connectivity index (χ0n) is 15.7. The van der Waals surface area contributed by atoms with E-state index in [2.05, 4.69) is 16.0 Å². The van der Waals surface area contributed by atoms with Crippen molar-refractivity contribution in [3.8, 4) is 0 Å². The van der Waals surface area contributed by atoms with E-state index in [0.29, 0.717) is 10.7 Å². The molecule has 150 valence electrons. The maximum atomic E-state index is 12.4. The minimum absolute atomic E-state index is 0.0656. The fourth-order valence-corrected chi connectivity index (χ4v) is 4.14. The molecule has 1 fully saturated rings. The largest absolute Gasteiger partial charge is 0.337 e. The van der Waals surface area contributed by atoms with Crippen LogP contribution in [0, 0.1) is 0 Å². The van der Waals surface area contributed by atoms with Crippen LogP contribution >= 0.6 is 11.6 Å². The Bertz CT molecular complexity index is 800. The molecule has 1 heterocycles. The van der Waals surface area contributed by atoms with Crippen LogP contribution in [0.4, 0.5) is 15.3 Å². The van der Waals surface area contributed by atoms with Crippen LogP contribution in [0.3, 0.4) is 0 Å². The number of rotatable bonds is 5. The monoisotopic (exact) mass is 416 g/mol. The van der Waals surface area contributed by atoms with Crippen molar-refractivity contribution in [3.05, 3.63) is 28.3 Å². The summed E-state index contributed by atoms with van der Waals surface area (Å²) in [7, 11) is -3.97. The van der Waals surface area contributed by atoms with E-state index in [0.717, 1.165) is 11.1 Å². The average Bonchev–Trinajstić information content (AvgIpc) is 2.55. The lowest BCUT2D eigenvalue weighted by atomic mass is 9.92. The summed E-state index contributed by atoms with van der Waals surface area (Å²) in [5.74, 6) is 0.150. The van der Waals surface area contributed by atoms with Gasteiger partial charge in [-0.15, -0.1) is 0 Å². The second-order valence-corrected chi connectivity index (χ2v) is 9.48. The van der Waals surface area contributed by atoms with E-state index in [1.807, 2.05) is 32.4 Å². The molecule has 27 heavy (non-hydrogen) atoms. The Morgan fingerprint density at radius 3 is 2.04 bits per heavy atom. The molecule has 0 saturated carbocycles. The number of anilines is 1. The molecule has 0 unspecified atom stereocenters. The van der Waals surface area contributed by atoms with Gasteiger partial charge in [0.25, 0.3) is 0 Å². The van der Waals surface area contributed by atoms with E-state index in [4.69, 9.17) is 11.6 Å². The lowest BCUT2D eigenvalue weighted by molar-refractivity contribution is 0.236. The third-order valence-corrected chi connectivity index (χ3v) is 6.20. The second-order valence-electron chi connectivity index (χ2n) is 7.08. The van der Waals surface area contributed by atoms with Crippen molar-refractivity contribution in [3.63, 3.8) is 0 Å². The lowest BCUT2D eigenvalue weighted by Crippen LogP contribution is -2.56. The van der Waals surface area contributed by atoms with Crippen LogP contribution in [0.25, 0.3) is 0 Å². The van der Waals surface area contributed by atoms with Gasteiger partial charge in [0.1, 0.15) is 5.25 Å². The normalized spacial score (nSPS) is 15.4. The van der Waals surface area contributed by atoms with Gasteiger partial charge in [-0.1, -0.05) is 39.3 Å². The highest BCUT2D eigenvalue weighted by atomic mass is 35.5. The summed E-state index contributed by atoms with van der Waals surface area (Å²) < 4.78 is 26.8. The zero-order valence-corrected chi connectivity index (χ0v) is 17.3. The van der Waals surface area contributed by atoms with Gasteiger partial charge in [0, 0.05) is 23.8 Å². The first-order valence-electron chi connectivity index (χ1n) is 8.69. The van der Waals surface area contributed by atoms with Crippen LogP contribution in [-0.4, -0.2) is 38.8 Å². The standard InChI is InChI=1S/C17H25ClN4O4S/c1-9(2)13-5-11(18)6-14(10(3)4)15(13)21-17(24)22-27(25,26)12-7-19-16(23)20-8-12/h5-6,9-10,12H,7-8H2,1-4H3,(H2,19,20,23)(H2,21,22,24). The Labute approximate surface area is 164 Å². The maximum Gasteiger partial charge on any atom is 0.332 e. The molecule has 1 aliphatic rings. The number of carbonyl (C=O) groups excluding carboxylic acids is 2. The van der Waals surface area contributed by atoms with Gasteiger partial charge < -0.3 is 16.0 Å². The van der Waals surface area contributed by atoms with Gasteiger partial charge in [0.2, 0.25) is 10.0 Å². The van der Waals surface area contributed by atoms with E-state index in [1.54, 1.807) is 12.1 Å². The van der Waals surface area contributed by atoms with E-state index in [1.165, 1.54) is 0 Å². The predicted octanol–water partition coefficient (Wildman–Crippen LogP) is 2.72. The van der Waals surface area contributed by atoms with Gasteiger partial charge in [0.15, 0.2) is 0 Å².